The highest BCUT2D eigenvalue weighted by Gasteiger charge is 2.29. The highest BCUT2D eigenvalue weighted by atomic mass is 35.5. The lowest BCUT2D eigenvalue weighted by atomic mass is 10.1. The molecule has 0 atom stereocenters. The largest absolute Gasteiger partial charge is 0.479 e. The number of nitrogens with zero attached hydrogens (tertiary/aromatic N) is 1. The fourth-order valence-electron chi connectivity index (χ4n) is 3.95. The quantitative estimate of drug-likeness (QED) is 0.355. The first-order chi connectivity index (χ1) is 17.2. The highest BCUT2D eigenvalue weighted by Crippen LogP contribution is 2.46. The van der Waals surface area contributed by atoms with Crippen molar-refractivity contribution >= 4 is 50.6 Å². The van der Waals surface area contributed by atoms with Crippen LogP contribution >= 0.6 is 22.9 Å². The first-order valence-corrected chi connectivity index (χ1v) is 13.6. The number of aromatic carboxylic acids is 1. The monoisotopic (exact) mass is 550 g/mol. The van der Waals surface area contributed by atoms with E-state index in [9.17, 15) is 23.1 Å². The number of halogens is 1. The van der Waals surface area contributed by atoms with Gasteiger partial charge in [-0.3, -0.25) is 0 Å². The Kier molecular flexibility index (Phi) is 7.84. The molecule has 190 valence electrons. The first-order valence-electron chi connectivity index (χ1n) is 11.0. The number of rotatable bonds is 9. The number of carboxylic acids is 2. The molecule has 2 heterocycles. The molecule has 12 heteroatoms. The molecule has 1 fully saturated rings. The summed E-state index contributed by atoms with van der Waals surface area (Å²) in [5.41, 5.74) is 1.41. The van der Waals surface area contributed by atoms with E-state index in [0.717, 1.165) is 17.0 Å². The molecule has 2 aromatic carbocycles. The Morgan fingerprint density at radius 3 is 2.42 bits per heavy atom. The Labute approximate surface area is 216 Å². The smallest absolute Gasteiger partial charge is 0.349 e. The van der Waals surface area contributed by atoms with Gasteiger partial charge < -0.3 is 20.3 Å². The van der Waals surface area contributed by atoms with E-state index in [4.69, 9.17) is 21.4 Å². The molecule has 36 heavy (non-hydrogen) atoms. The van der Waals surface area contributed by atoms with Crippen molar-refractivity contribution in [3.63, 3.8) is 0 Å². The number of hydrogen-bond donors (Lipinski definition) is 3. The number of ether oxygens (including phenoxy) is 1. The van der Waals surface area contributed by atoms with Gasteiger partial charge in [-0.1, -0.05) is 41.9 Å². The minimum absolute atomic E-state index is 0.0372. The third-order valence-corrected chi connectivity index (χ3v) is 9.27. The zero-order chi connectivity index (χ0) is 25.9. The second-order valence-electron chi connectivity index (χ2n) is 8.11. The third kappa shape index (κ3) is 5.65. The van der Waals surface area contributed by atoms with Crippen molar-refractivity contribution in [2.24, 2.45) is 0 Å². The minimum atomic E-state index is -3.53. The SMILES string of the molecule is O=C(O)COc1c(C(=O)O)sc(-c2cccc(NC3CCN(S(=O)(=O)c4ccccc4)CC3)c2)c1Cl. The van der Waals surface area contributed by atoms with Crippen molar-refractivity contribution < 1.29 is 33.0 Å². The van der Waals surface area contributed by atoms with E-state index in [2.05, 4.69) is 5.32 Å². The second-order valence-corrected chi connectivity index (χ2v) is 11.4. The molecule has 3 aromatic rings. The lowest BCUT2D eigenvalue weighted by Gasteiger charge is -2.32. The predicted octanol–water partition coefficient (Wildman–Crippen LogP) is 4.50. The molecule has 0 saturated carbocycles. The van der Waals surface area contributed by atoms with Gasteiger partial charge in [0.1, 0.15) is 5.02 Å². The third-order valence-electron chi connectivity index (χ3n) is 5.67. The summed E-state index contributed by atoms with van der Waals surface area (Å²) < 4.78 is 32.4. The van der Waals surface area contributed by atoms with Crippen LogP contribution in [0.4, 0.5) is 5.69 Å². The minimum Gasteiger partial charge on any atom is -0.479 e. The zero-order valence-electron chi connectivity index (χ0n) is 18.9. The first kappa shape index (κ1) is 26.0. The van der Waals surface area contributed by atoms with Gasteiger partial charge in [0.25, 0.3) is 0 Å². The summed E-state index contributed by atoms with van der Waals surface area (Å²) in [6, 6.07) is 15.7. The Hall–Kier alpha value is -3.12. The van der Waals surface area contributed by atoms with E-state index >= 15 is 0 Å². The van der Waals surface area contributed by atoms with Crippen molar-refractivity contribution in [3.8, 4) is 16.2 Å². The molecule has 0 unspecified atom stereocenters. The van der Waals surface area contributed by atoms with Gasteiger partial charge in [-0.05, 0) is 42.7 Å². The molecule has 1 aliphatic rings. The number of nitrogens with one attached hydrogen (secondary N) is 1. The molecular formula is C24H23ClN2O7S2. The fourth-order valence-corrected chi connectivity index (χ4v) is 6.85. The van der Waals surface area contributed by atoms with E-state index in [1.54, 1.807) is 42.5 Å². The average Bonchev–Trinajstić information content (AvgIpc) is 3.20. The molecule has 1 aromatic heterocycles. The Morgan fingerprint density at radius 1 is 1.08 bits per heavy atom. The van der Waals surface area contributed by atoms with Gasteiger partial charge in [0.05, 0.1) is 9.77 Å². The number of carbonyl (C=O) groups is 2. The van der Waals surface area contributed by atoms with Crippen molar-refractivity contribution in [1.29, 1.82) is 0 Å². The van der Waals surface area contributed by atoms with Crippen LogP contribution in [-0.2, 0) is 14.8 Å². The Balaban J connectivity index is 1.47. The van der Waals surface area contributed by atoms with Crippen molar-refractivity contribution in [3.05, 3.63) is 64.5 Å². The van der Waals surface area contributed by atoms with Crippen LogP contribution in [-0.4, -0.2) is 60.6 Å². The van der Waals surface area contributed by atoms with E-state index in [-0.39, 0.29) is 26.6 Å². The molecule has 9 nitrogen and oxygen atoms in total. The summed E-state index contributed by atoms with van der Waals surface area (Å²) in [6.07, 6.45) is 1.23. The molecule has 1 saturated heterocycles. The molecule has 0 radical (unpaired) electrons. The summed E-state index contributed by atoms with van der Waals surface area (Å²) >= 11 is 7.30. The highest BCUT2D eigenvalue weighted by molar-refractivity contribution is 7.89. The number of sulfonamides is 1. The van der Waals surface area contributed by atoms with Crippen molar-refractivity contribution in [2.45, 2.75) is 23.8 Å². The van der Waals surface area contributed by atoms with Crippen LogP contribution < -0.4 is 10.1 Å². The van der Waals surface area contributed by atoms with Gasteiger partial charge in [-0.2, -0.15) is 4.31 Å². The number of benzene rings is 2. The normalized spacial score (nSPS) is 14.9. The number of carboxylic acid groups (broad SMARTS) is 2. The van der Waals surface area contributed by atoms with Gasteiger partial charge in [0.2, 0.25) is 10.0 Å². The summed E-state index contributed by atoms with van der Waals surface area (Å²) in [5, 5.41) is 21.8. The molecule has 0 bridgehead atoms. The molecular weight excluding hydrogens is 528 g/mol. The van der Waals surface area contributed by atoms with Crippen LogP contribution in [0.1, 0.15) is 22.5 Å². The molecule has 4 rings (SSSR count). The number of aliphatic carboxylic acids is 1. The van der Waals surface area contributed by atoms with Crippen LogP contribution in [0.15, 0.2) is 59.5 Å². The van der Waals surface area contributed by atoms with Crippen LogP contribution in [0.3, 0.4) is 0 Å². The van der Waals surface area contributed by atoms with Crippen molar-refractivity contribution in [1.82, 2.24) is 4.31 Å². The van der Waals surface area contributed by atoms with Gasteiger partial charge >= 0.3 is 11.9 Å². The maximum absolute atomic E-state index is 12.9. The van der Waals surface area contributed by atoms with Gasteiger partial charge in [0.15, 0.2) is 17.2 Å². The Bertz CT molecular complexity index is 1370. The topological polar surface area (TPSA) is 133 Å². The van der Waals surface area contributed by atoms with Gasteiger partial charge in [-0.25, -0.2) is 18.0 Å². The van der Waals surface area contributed by atoms with E-state index < -0.39 is 28.6 Å². The number of piperidine rings is 1. The second kappa shape index (κ2) is 10.9. The molecule has 0 spiro atoms. The van der Waals surface area contributed by atoms with Crippen LogP contribution in [0, 0.1) is 0 Å². The van der Waals surface area contributed by atoms with Crippen LogP contribution in [0.5, 0.6) is 5.75 Å². The lowest BCUT2D eigenvalue weighted by molar-refractivity contribution is -0.139. The van der Waals surface area contributed by atoms with Gasteiger partial charge in [-0.15, -0.1) is 11.3 Å². The summed E-state index contributed by atoms with van der Waals surface area (Å²) in [5.74, 6) is -2.68. The van der Waals surface area contributed by atoms with Crippen molar-refractivity contribution in [2.75, 3.05) is 25.0 Å². The van der Waals surface area contributed by atoms with E-state index in [1.807, 2.05) is 12.1 Å². The fraction of sp³-hybridized carbons (Fsp3) is 0.250. The lowest BCUT2D eigenvalue weighted by Crippen LogP contribution is -2.42. The standard InChI is InChI=1S/C24H23ClN2O7S2/c25-20-21(34-14-19(28)29)23(24(30)31)35-22(20)15-5-4-6-17(13-15)26-16-9-11-27(12-10-16)36(32,33)18-7-2-1-3-8-18/h1-8,13,16,26H,9-12,14H2,(H,28,29)(H,30,31). The van der Waals surface area contributed by atoms with Gasteiger partial charge in [0, 0.05) is 24.8 Å². The summed E-state index contributed by atoms with van der Waals surface area (Å²) in [7, 11) is -3.53. The van der Waals surface area contributed by atoms with Crippen LogP contribution in [0.25, 0.3) is 10.4 Å². The van der Waals surface area contributed by atoms with E-state index in [1.165, 1.54) is 4.31 Å². The number of thiophene rings is 1. The molecule has 0 amide bonds. The number of hydrogen-bond acceptors (Lipinski definition) is 7. The predicted molar refractivity (Wildman–Crippen MR) is 137 cm³/mol. The molecule has 1 aliphatic heterocycles. The average molecular weight is 551 g/mol. The van der Waals surface area contributed by atoms with Crippen LogP contribution in [0.2, 0.25) is 5.02 Å². The number of anilines is 1. The Morgan fingerprint density at radius 2 is 1.78 bits per heavy atom. The maximum atomic E-state index is 12.9. The zero-order valence-corrected chi connectivity index (χ0v) is 21.3. The van der Waals surface area contributed by atoms with E-state index in [0.29, 0.717) is 36.4 Å². The summed E-state index contributed by atoms with van der Waals surface area (Å²) in [4.78, 5) is 23.1. The molecule has 0 aliphatic carbocycles. The molecule has 3 N–H and O–H groups in total. The maximum Gasteiger partial charge on any atom is 0.349 e. The summed E-state index contributed by atoms with van der Waals surface area (Å²) in [6.45, 7) is 0.0611.